The van der Waals surface area contributed by atoms with Gasteiger partial charge in [-0.2, -0.15) is 0 Å². The van der Waals surface area contributed by atoms with Crippen molar-refractivity contribution in [2.45, 2.75) is 38.5 Å². The second-order valence-corrected chi connectivity index (χ2v) is 5.98. The molecule has 0 unspecified atom stereocenters. The molecule has 0 fully saturated rings. The molecule has 1 aromatic carbocycles. The SMILES string of the molecule is O=C(c1onc2c1CCCC2)N1CCCc2cc(F)ccc21. The Morgan fingerprint density at radius 1 is 1.18 bits per heavy atom. The van der Waals surface area contributed by atoms with Crippen LogP contribution in [0, 0.1) is 5.82 Å². The molecule has 0 radical (unpaired) electrons. The summed E-state index contributed by atoms with van der Waals surface area (Å²) in [5.74, 6) is -0.0415. The lowest BCUT2D eigenvalue weighted by molar-refractivity contribution is 0.0948. The summed E-state index contributed by atoms with van der Waals surface area (Å²) < 4.78 is 18.7. The highest BCUT2D eigenvalue weighted by Crippen LogP contribution is 2.31. The Labute approximate surface area is 127 Å². The third-order valence-corrected chi connectivity index (χ3v) is 4.56. The fourth-order valence-corrected chi connectivity index (χ4v) is 3.46. The largest absolute Gasteiger partial charge is 0.350 e. The molecule has 1 aliphatic heterocycles. The van der Waals surface area contributed by atoms with E-state index >= 15 is 0 Å². The average molecular weight is 300 g/mol. The normalized spacial score (nSPS) is 17.0. The van der Waals surface area contributed by atoms with Crippen LogP contribution in [-0.2, 0) is 19.3 Å². The van der Waals surface area contributed by atoms with Crippen LogP contribution in [0.1, 0.15) is 46.6 Å². The Morgan fingerprint density at radius 3 is 2.95 bits per heavy atom. The minimum absolute atomic E-state index is 0.150. The number of fused-ring (bicyclic) bond motifs is 2. The van der Waals surface area contributed by atoms with Crippen molar-refractivity contribution in [3.05, 3.63) is 46.6 Å². The maximum absolute atomic E-state index is 13.4. The van der Waals surface area contributed by atoms with Crippen LogP contribution < -0.4 is 4.90 Å². The molecule has 1 amide bonds. The molecular formula is C17H17FN2O2. The van der Waals surface area contributed by atoms with Crippen LogP contribution in [-0.4, -0.2) is 17.6 Å². The summed E-state index contributed by atoms with van der Waals surface area (Å²) in [6, 6.07) is 4.61. The third-order valence-electron chi connectivity index (χ3n) is 4.56. The first-order valence-electron chi connectivity index (χ1n) is 7.82. The first-order valence-corrected chi connectivity index (χ1v) is 7.82. The number of amides is 1. The first kappa shape index (κ1) is 13.5. The minimum Gasteiger partial charge on any atom is -0.350 e. The van der Waals surface area contributed by atoms with E-state index in [-0.39, 0.29) is 11.7 Å². The highest BCUT2D eigenvalue weighted by atomic mass is 19.1. The minimum atomic E-state index is -0.259. The van der Waals surface area contributed by atoms with E-state index in [4.69, 9.17) is 4.52 Å². The van der Waals surface area contributed by atoms with Gasteiger partial charge in [-0.15, -0.1) is 0 Å². The van der Waals surface area contributed by atoms with Crippen molar-refractivity contribution < 1.29 is 13.7 Å². The molecule has 22 heavy (non-hydrogen) atoms. The lowest BCUT2D eigenvalue weighted by Gasteiger charge is -2.29. The predicted molar refractivity (Wildman–Crippen MR) is 79.5 cm³/mol. The number of anilines is 1. The van der Waals surface area contributed by atoms with Crippen LogP contribution in [0.25, 0.3) is 0 Å². The van der Waals surface area contributed by atoms with Gasteiger partial charge in [0.25, 0.3) is 5.91 Å². The van der Waals surface area contributed by atoms with E-state index in [1.165, 1.54) is 12.1 Å². The fraction of sp³-hybridized carbons (Fsp3) is 0.412. The average Bonchev–Trinajstić information content (AvgIpc) is 2.97. The molecule has 5 heteroatoms. The van der Waals surface area contributed by atoms with E-state index in [0.29, 0.717) is 12.3 Å². The van der Waals surface area contributed by atoms with E-state index < -0.39 is 0 Å². The maximum Gasteiger partial charge on any atom is 0.297 e. The van der Waals surface area contributed by atoms with Crippen LogP contribution in [0.2, 0.25) is 0 Å². The van der Waals surface area contributed by atoms with Gasteiger partial charge in [0.1, 0.15) is 5.82 Å². The number of carbonyl (C=O) groups excluding carboxylic acids is 1. The molecule has 4 rings (SSSR count). The number of rotatable bonds is 1. The number of halogens is 1. The number of hydrogen-bond acceptors (Lipinski definition) is 3. The van der Waals surface area contributed by atoms with Crippen molar-refractivity contribution in [1.82, 2.24) is 5.16 Å². The van der Waals surface area contributed by atoms with E-state index in [1.54, 1.807) is 11.0 Å². The monoisotopic (exact) mass is 300 g/mol. The number of hydrogen-bond donors (Lipinski definition) is 0. The second-order valence-electron chi connectivity index (χ2n) is 5.98. The van der Waals surface area contributed by atoms with Gasteiger partial charge in [0.2, 0.25) is 5.76 Å². The molecule has 1 aliphatic carbocycles. The summed E-state index contributed by atoms with van der Waals surface area (Å²) in [4.78, 5) is 14.6. The van der Waals surface area contributed by atoms with Crippen molar-refractivity contribution in [3.8, 4) is 0 Å². The highest BCUT2D eigenvalue weighted by Gasteiger charge is 2.30. The summed E-state index contributed by atoms with van der Waals surface area (Å²) in [5.41, 5.74) is 3.56. The van der Waals surface area contributed by atoms with E-state index in [9.17, 15) is 9.18 Å². The molecule has 0 bridgehead atoms. The zero-order chi connectivity index (χ0) is 15.1. The number of nitrogens with zero attached hydrogens (tertiary/aromatic N) is 2. The van der Waals surface area contributed by atoms with Crippen LogP contribution in [0.3, 0.4) is 0 Å². The number of benzene rings is 1. The van der Waals surface area contributed by atoms with Crippen molar-refractivity contribution in [2.24, 2.45) is 0 Å². The molecule has 1 aromatic heterocycles. The molecule has 4 nitrogen and oxygen atoms in total. The van der Waals surface area contributed by atoms with Crippen LogP contribution in [0.5, 0.6) is 0 Å². The topological polar surface area (TPSA) is 46.3 Å². The molecular weight excluding hydrogens is 283 g/mol. The summed E-state index contributed by atoms with van der Waals surface area (Å²) in [6.07, 6.45) is 5.52. The molecule has 0 saturated carbocycles. The summed E-state index contributed by atoms with van der Waals surface area (Å²) in [6.45, 7) is 0.632. The molecule has 2 aromatic rings. The number of carbonyl (C=O) groups is 1. The van der Waals surface area contributed by atoms with Crippen molar-refractivity contribution in [3.63, 3.8) is 0 Å². The van der Waals surface area contributed by atoms with Crippen molar-refractivity contribution >= 4 is 11.6 Å². The Bertz CT molecular complexity index is 738. The van der Waals surface area contributed by atoms with Gasteiger partial charge in [-0.1, -0.05) is 5.16 Å². The van der Waals surface area contributed by atoms with E-state index in [0.717, 1.165) is 61.0 Å². The number of aromatic nitrogens is 1. The van der Waals surface area contributed by atoms with Crippen LogP contribution in [0.4, 0.5) is 10.1 Å². The van der Waals surface area contributed by atoms with Gasteiger partial charge < -0.3 is 9.42 Å². The van der Waals surface area contributed by atoms with Crippen LogP contribution >= 0.6 is 0 Å². The van der Waals surface area contributed by atoms with Gasteiger partial charge in [0.15, 0.2) is 0 Å². The van der Waals surface area contributed by atoms with Crippen molar-refractivity contribution in [2.75, 3.05) is 11.4 Å². The molecule has 0 saturated heterocycles. The lowest BCUT2D eigenvalue weighted by Crippen LogP contribution is -2.36. The summed E-state index contributed by atoms with van der Waals surface area (Å²) in [7, 11) is 0. The Morgan fingerprint density at radius 2 is 2.05 bits per heavy atom. The van der Waals surface area contributed by atoms with Crippen molar-refractivity contribution in [1.29, 1.82) is 0 Å². The Kier molecular flexibility index (Phi) is 3.21. The molecule has 2 heterocycles. The maximum atomic E-state index is 13.4. The standard InChI is InChI=1S/C17H17FN2O2/c18-12-7-8-15-11(10-12)4-3-9-20(15)17(21)16-13-5-1-2-6-14(13)19-22-16/h7-8,10H,1-6,9H2. The lowest BCUT2D eigenvalue weighted by atomic mass is 9.95. The van der Waals surface area contributed by atoms with Gasteiger partial charge in [-0.3, -0.25) is 4.79 Å². The second kappa shape index (κ2) is 5.23. The Hall–Kier alpha value is -2.17. The molecule has 2 aliphatic rings. The molecule has 0 atom stereocenters. The van der Waals surface area contributed by atoms with Gasteiger partial charge >= 0.3 is 0 Å². The van der Waals surface area contributed by atoms with Gasteiger partial charge in [0, 0.05) is 17.8 Å². The zero-order valence-electron chi connectivity index (χ0n) is 12.3. The van der Waals surface area contributed by atoms with Gasteiger partial charge in [0.05, 0.1) is 5.69 Å². The van der Waals surface area contributed by atoms with E-state index in [2.05, 4.69) is 5.16 Å². The smallest absolute Gasteiger partial charge is 0.297 e. The third kappa shape index (κ3) is 2.12. The molecule has 0 N–H and O–H groups in total. The quantitative estimate of drug-likeness (QED) is 0.812. The molecule has 114 valence electrons. The fourth-order valence-electron chi connectivity index (χ4n) is 3.46. The van der Waals surface area contributed by atoms with Crippen LogP contribution in [0.15, 0.2) is 22.7 Å². The first-order chi connectivity index (χ1) is 10.7. The van der Waals surface area contributed by atoms with Gasteiger partial charge in [-0.25, -0.2) is 4.39 Å². The summed E-state index contributed by atoms with van der Waals surface area (Å²) >= 11 is 0. The zero-order valence-corrected chi connectivity index (χ0v) is 12.3. The highest BCUT2D eigenvalue weighted by molar-refractivity contribution is 6.05. The van der Waals surface area contributed by atoms with E-state index in [1.807, 2.05) is 0 Å². The summed E-state index contributed by atoms with van der Waals surface area (Å²) in [5, 5.41) is 4.06. The Balaban J connectivity index is 1.71. The van der Waals surface area contributed by atoms with Gasteiger partial charge in [-0.05, 0) is 62.3 Å². The molecule has 0 spiro atoms. The number of aryl methyl sites for hydroxylation is 2. The predicted octanol–water partition coefficient (Wildman–Crippen LogP) is 3.29.